The summed E-state index contributed by atoms with van der Waals surface area (Å²) >= 11 is 0. The molecule has 1 aliphatic rings. The molecule has 0 saturated carbocycles. The predicted molar refractivity (Wildman–Crippen MR) is 80.4 cm³/mol. The van der Waals surface area contributed by atoms with Crippen LogP contribution < -0.4 is 0 Å². The summed E-state index contributed by atoms with van der Waals surface area (Å²) in [6.07, 6.45) is 2.63. The van der Waals surface area contributed by atoms with Gasteiger partial charge in [0.1, 0.15) is 5.82 Å². The molecule has 0 radical (unpaired) electrons. The SMILES string of the molecule is O=C(O)[C@H]1CCCN(C(=O)c2occc2-c2ccc(F)cc2)C1. The lowest BCUT2D eigenvalue weighted by molar-refractivity contribution is -0.143. The largest absolute Gasteiger partial charge is 0.481 e. The Bertz CT molecular complexity index is 722. The molecule has 2 heterocycles. The molecule has 1 fully saturated rings. The van der Waals surface area contributed by atoms with Crippen LogP contribution in [0.15, 0.2) is 41.0 Å². The van der Waals surface area contributed by atoms with Crippen LogP contribution in [0.3, 0.4) is 0 Å². The van der Waals surface area contributed by atoms with E-state index in [9.17, 15) is 14.0 Å². The van der Waals surface area contributed by atoms with E-state index in [1.807, 2.05) is 0 Å². The summed E-state index contributed by atoms with van der Waals surface area (Å²) in [6.45, 7) is 0.684. The minimum atomic E-state index is -0.888. The van der Waals surface area contributed by atoms with Crippen LogP contribution in [0, 0.1) is 11.7 Å². The number of benzene rings is 1. The van der Waals surface area contributed by atoms with Gasteiger partial charge in [0.25, 0.3) is 5.91 Å². The third-order valence-corrected chi connectivity index (χ3v) is 4.07. The normalized spacial score (nSPS) is 18.0. The first-order valence-corrected chi connectivity index (χ1v) is 7.42. The number of furan rings is 1. The molecule has 0 aliphatic carbocycles. The lowest BCUT2D eigenvalue weighted by Crippen LogP contribution is -2.42. The van der Waals surface area contributed by atoms with E-state index in [2.05, 4.69) is 0 Å². The molecule has 0 unspecified atom stereocenters. The quantitative estimate of drug-likeness (QED) is 0.944. The van der Waals surface area contributed by atoms with Gasteiger partial charge in [0, 0.05) is 18.7 Å². The zero-order valence-corrected chi connectivity index (χ0v) is 12.4. The number of piperidine rings is 1. The van der Waals surface area contributed by atoms with Crippen molar-refractivity contribution >= 4 is 11.9 Å². The van der Waals surface area contributed by atoms with Gasteiger partial charge in [-0.1, -0.05) is 12.1 Å². The van der Waals surface area contributed by atoms with Gasteiger partial charge in [-0.3, -0.25) is 9.59 Å². The number of rotatable bonds is 3. The van der Waals surface area contributed by atoms with E-state index in [4.69, 9.17) is 9.52 Å². The number of nitrogens with zero attached hydrogens (tertiary/aromatic N) is 1. The van der Waals surface area contributed by atoms with Gasteiger partial charge in [0.2, 0.25) is 0 Å². The van der Waals surface area contributed by atoms with Crippen molar-refractivity contribution in [2.75, 3.05) is 13.1 Å². The maximum atomic E-state index is 13.0. The Morgan fingerprint density at radius 2 is 1.96 bits per heavy atom. The minimum absolute atomic E-state index is 0.155. The first-order valence-electron chi connectivity index (χ1n) is 7.42. The first kappa shape index (κ1) is 15.3. The number of aliphatic carboxylic acids is 1. The van der Waals surface area contributed by atoms with Gasteiger partial charge in [0.05, 0.1) is 12.2 Å². The van der Waals surface area contributed by atoms with Crippen molar-refractivity contribution in [3.63, 3.8) is 0 Å². The Kier molecular flexibility index (Phi) is 4.14. The van der Waals surface area contributed by atoms with Crippen LogP contribution in [-0.2, 0) is 4.79 Å². The van der Waals surface area contributed by atoms with Crippen LogP contribution in [0.5, 0.6) is 0 Å². The molecule has 1 aromatic carbocycles. The zero-order chi connectivity index (χ0) is 16.4. The number of carboxylic acid groups (broad SMARTS) is 1. The number of likely N-dealkylation sites (tertiary alicyclic amines) is 1. The molecule has 3 rings (SSSR count). The number of carbonyl (C=O) groups excluding carboxylic acids is 1. The molecule has 0 bridgehead atoms. The van der Waals surface area contributed by atoms with E-state index < -0.39 is 11.9 Å². The molecule has 120 valence electrons. The van der Waals surface area contributed by atoms with Crippen LogP contribution in [0.2, 0.25) is 0 Å². The van der Waals surface area contributed by atoms with Crippen molar-refractivity contribution in [2.45, 2.75) is 12.8 Å². The van der Waals surface area contributed by atoms with Crippen LogP contribution in [0.4, 0.5) is 4.39 Å². The van der Waals surface area contributed by atoms with Crippen molar-refractivity contribution < 1.29 is 23.5 Å². The first-order chi connectivity index (χ1) is 11.1. The van der Waals surface area contributed by atoms with Gasteiger partial charge in [-0.15, -0.1) is 0 Å². The number of halogens is 1. The van der Waals surface area contributed by atoms with Gasteiger partial charge in [-0.25, -0.2) is 4.39 Å². The fraction of sp³-hybridized carbons (Fsp3) is 0.294. The number of carboxylic acids is 1. The molecule has 6 heteroatoms. The molecule has 1 atom stereocenters. The average Bonchev–Trinajstić information content (AvgIpc) is 3.04. The molecule has 2 aromatic rings. The summed E-state index contributed by atoms with van der Waals surface area (Å²) in [5.41, 5.74) is 1.25. The second-order valence-corrected chi connectivity index (χ2v) is 5.60. The van der Waals surface area contributed by atoms with E-state index in [0.717, 1.165) is 0 Å². The van der Waals surface area contributed by atoms with Crippen molar-refractivity contribution in [2.24, 2.45) is 5.92 Å². The molecule has 0 spiro atoms. The Balaban J connectivity index is 1.85. The van der Waals surface area contributed by atoms with Crippen LogP contribution >= 0.6 is 0 Å². The minimum Gasteiger partial charge on any atom is -0.481 e. The summed E-state index contributed by atoms with van der Waals surface area (Å²) in [4.78, 5) is 25.3. The molecule has 23 heavy (non-hydrogen) atoms. The molecular weight excluding hydrogens is 301 g/mol. The van der Waals surface area contributed by atoms with Crippen molar-refractivity contribution in [1.29, 1.82) is 0 Å². The predicted octanol–water partition coefficient (Wildman–Crippen LogP) is 3.02. The van der Waals surface area contributed by atoms with Crippen molar-refractivity contribution in [3.8, 4) is 11.1 Å². The van der Waals surface area contributed by atoms with Crippen LogP contribution in [0.25, 0.3) is 11.1 Å². The topological polar surface area (TPSA) is 70.8 Å². The Labute approximate surface area is 132 Å². The highest BCUT2D eigenvalue weighted by molar-refractivity contribution is 5.98. The molecular formula is C17H16FNO4. The fourth-order valence-electron chi connectivity index (χ4n) is 2.84. The molecule has 1 amide bonds. The van der Waals surface area contributed by atoms with E-state index in [1.165, 1.54) is 23.3 Å². The van der Waals surface area contributed by atoms with Gasteiger partial charge in [0.15, 0.2) is 5.76 Å². The smallest absolute Gasteiger partial charge is 0.308 e. The van der Waals surface area contributed by atoms with E-state index in [1.54, 1.807) is 18.2 Å². The van der Waals surface area contributed by atoms with Crippen molar-refractivity contribution in [3.05, 3.63) is 48.2 Å². The Morgan fingerprint density at radius 3 is 2.65 bits per heavy atom. The zero-order valence-electron chi connectivity index (χ0n) is 12.4. The number of carbonyl (C=O) groups is 2. The Morgan fingerprint density at radius 1 is 1.22 bits per heavy atom. The van der Waals surface area contributed by atoms with Crippen molar-refractivity contribution in [1.82, 2.24) is 4.90 Å². The summed E-state index contributed by atoms with van der Waals surface area (Å²) in [5, 5.41) is 9.13. The lowest BCUT2D eigenvalue weighted by atomic mass is 9.97. The lowest BCUT2D eigenvalue weighted by Gasteiger charge is -2.30. The molecule has 5 nitrogen and oxygen atoms in total. The molecule has 1 aromatic heterocycles. The van der Waals surface area contributed by atoms with Gasteiger partial charge >= 0.3 is 5.97 Å². The summed E-state index contributed by atoms with van der Waals surface area (Å²) in [7, 11) is 0. The summed E-state index contributed by atoms with van der Waals surface area (Å²) in [6, 6.07) is 7.44. The average molecular weight is 317 g/mol. The maximum absolute atomic E-state index is 13.0. The fourth-order valence-corrected chi connectivity index (χ4v) is 2.84. The maximum Gasteiger partial charge on any atom is 0.308 e. The molecule has 1 saturated heterocycles. The monoisotopic (exact) mass is 317 g/mol. The Hall–Kier alpha value is -2.63. The van der Waals surface area contributed by atoms with E-state index in [0.29, 0.717) is 30.5 Å². The van der Waals surface area contributed by atoms with Gasteiger partial charge in [-0.05, 0) is 36.6 Å². The van der Waals surface area contributed by atoms with Crippen LogP contribution in [0.1, 0.15) is 23.4 Å². The van der Waals surface area contributed by atoms with Gasteiger partial charge in [-0.2, -0.15) is 0 Å². The summed E-state index contributed by atoms with van der Waals surface area (Å²) in [5.74, 6) is -1.97. The number of hydrogen-bond donors (Lipinski definition) is 1. The second-order valence-electron chi connectivity index (χ2n) is 5.60. The van der Waals surface area contributed by atoms with Gasteiger partial charge < -0.3 is 14.4 Å². The molecule has 1 aliphatic heterocycles. The summed E-state index contributed by atoms with van der Waals surface area (Å²) < 4.78 is 18.4. The number of amides is 1. The molecule has 1 N–H and O–H groups in total. The number of hydrogen-bond acceptors (Lipinski definition) is 3. The second kappa shape index (κ2) is 6.24. The van der Waals surface area contributed by atoms with E-state index >= 15 is 0 Å². The highest BCUT2D eigenvalue weighted by Crippen LogP contribution is 2.28. The third-order valence-electron chi connectivity index (χ3n) is 4.07. The highest BCUT2D eigenvalue weighted by atomic mass is 19.1. The highest BCUT2D eigenvalue weighted by Gasteiger charge is 2.31. The third kappa shape index (κ3) is 3.11. The van der Waals surface area contributed by atoms with Crippen LogP contribution in [-0.4, -0.2) is 35.0 Å². The standard InChI is InChI=1S/C17H16FNO4/c18-13-5-3-11(4-6-13)14-7-9-23-15(14)16(20)19-8-1-2-12(10-19)17(21)22/h3-7,9,12H,1-2,8,10H2,(H,21,22)/t12-/m0/s1. The van der Waals surface area contributed by atoms with E-state index in [-0.39, 0.29) is 24.0 Å².